The molecule has 0 radical (unpaired) electrons. The summed E-state index contributed by atoms with van der Waals surface area (Å²) < 4.78 is 11.2. The fourth-order valence-corrected chi connectivity index (χ4v) is 2.69. The maximum atomic E-state index is 12.1. The zero-order valence-corrected chi connectivity index (χ0v) is 14.1. The van der Waals surface area contributed by atoms with Crippen LogP contribution >= 0.6 is 11.6 Å². The van der Waals surface area contributed by atoms with Crippen LogP contribution in [0.3, 0.4) is 0 Å². The van der Waals surface area contributed by atoms with E-state index in [9.17, 15) is 4.79 Å². The van der Waals surface area contributed by atoms with Crippen molar-refractivity contribution in [3.05, 3.63) is 64.7 Å². The summed E-state index contributed by atoms with van der Waals surface area (Å²) in [7, 11) is 0. The first-order valence-corrected chi connectivity index (χ1v) is 8.45. The van der Waals surface area contributed by atoms with Crippen molar-refractivity contribution in [3.8, 4) is 5.75 Å². The summed E-state index contributed by atoms with van der Waals surface area (Å²) in [6, 6.07) is 14.7. The number of amides is 1. The highest BCUT2D eigenvalue weighted by atomic mass is 35.5. The quantitative estimate of drug-likeness (QED) is 0.865. The van der Waals surface area contributed by atoms with Gasteiger partial charge in [0.2, 0.25) is 0 Å². The topological polar surface area (TPSA) is 47.6 Å². The Morgan fingerprint density at radius 3 is 2.58 bits per heavy atom. The summed E-state index contributed by atoms with van der Waals surface area (Å²) in [6.07, 6.45) is 2.24. The zero-order valence-electron chi connectivity index (χ0n) is 13.3. The van der Waals surface area contributed by atoms with E-state index in [0.29, 0.717) is 23.7 Å². The maximum absolute atomic E-state index is 12.1. The number of halogens is 1. The largest absolute Gasteiger partial charge is 0.489 e. The van der Waals surface area contributed by atoms with E-state index in [1.165, 1.54) is 0 Å². The Hall–Kier alpha value is -2.04. The van der Waals surface area contributed by atoms with Crippen LogP contribution in [0.2, 0.25) is 5.02 Å². The Kier molecular flexibility index (Phi) is 5.72. The number of ether oxygens (including phenoxy) is 2. The first-order valence-electron chi connectivity index (χ1n) is 8.08. The zero-order chi connectivity index (χ0) is 16.8. The third-order valence-corrected chi connectivity index (χ3v) is 4.20. The molecule has 0 aromatic heterocycles. The van der Waals surface area contributed by atoms with Crippen LogP contribution in [0.1, 0.15) is 28.8 Å². The molecule has 126 valence electrons. The highest BCUT2D eigenvalue weighted by Crippen LogP contribution is 2.17. The van der Waals surface area contributed by atoms with Crippen LogP contribution < -0.4 is 10.1 Å². The number of carbonyl (C=O) groups excluding carboxylic acids is 1. The monoisotopic (exact) mass is 345 g/mol. The van der Waals surface area contributed by atoms with E-state index in [-0.39, 0.29) is 12.0 Å². The van der Waals surface area contributed by atoms with E-state index in [1.54, 1.807) is 12.1 Å². The Morgan fingerprint density at radius 2 is 1.92 bits per heavy atom. The van der Waals surface area contributed by atoms with E-state index >= 15 is 0 Å². The molecule has 5 heteroatoms. The molecule has 1 amide bonds. The molecule has 2 aromatic carbocycles. The highest BCUT2D eigenvalue weighted by molar-refractivity contribution is 6.30. The lowest BCUT2D eigenvalue weighted by Gasteiger charge is -2.11. The minimum absolute atomic E-state index is 0.0735. The van der Waals surface area contributed by atoms with Crippen LogP contribution in [0.5, 0.6) is 5.75 Å². The minimum Gasteiger partial charge on any atom is -0.489 e. The van der Waals surface area contributed by atoms with Crippen LogP contribution in [0.4, 0.5) is 0 Å². The van der Waals surface area contributed by atoms with E-state index in [1.807, 2.05) is 36.4 Å². The van der Waals surface area contributed by atoms with Gasteiger partial charge < -0.3 is 14.8 Å². The predicted octanol–water partition coefficient (Wildman–Crippen LogP) is 3.83. The van der Waals surface area contributed by atoms with E-state index in [4.69, 9.17) is 21.1 Å². The summed E-state index contributed by atoms with van der Waals surface area (Å²) in [5.74, 6) is 0.688. The Balaban J connectivity index is 1.48. The van der Waals surface area contributed by atoms with Crippen molar-refractivity contribution in [1.82, 2.24) is 5.32 Å². The van der Waals surface area contributed by atoms with Crippen molar-refractivity contribution in [2.45, 2.75) is 25.6 Å². The van der Waals surface area contributed by atoms with Gasteiger partial charge in [0.15, 0.2) is 0 Å². The number of rotatable bonds is 6. The standard InChI is InChI=1S/C19H20ClNO3/c20-16-7-9-17(10-8-16)24-13-14-3-5-15(6-4-14)19(22)21-12-18-2-1-11-23-18/h3-10,18H,1-2,11-13H2,(H,21,22)/t18-/m1/s1. The van der Waals surface area contributed by atoms with E-state index < -0.39 is 0 Å². The van der Waals surface area contributed by atoms with E-state index in [2.05, 4.69) is 5.32 Å². The minimum atomic E-state index is -0.0735. The molecule has 1 heterocycles. The second-order valence-electron chi connectivity index (χ2n) is 5.78. The molecule has 24 heavy (non-hydrogen) atoms. The lowest BCUT2D eigenvalue weighted by molar-refractivity contribution is 0.0857. The molecule has 1 aliphatic heterocycles. The molecular formula is C19H20ClNO3. The first-order chi connectivity index (χ1) is 11.7. The normalized spacial score (nSPS) is 16.8. The number of nitrogens with one attached hydrogen (secondary N) is 1. The third kappa shape index (κ3) is 4.73. The molecule has 0 bridgehead atoms. The van der Waals surface area contributed by atoms with Gasteiger partial charge in [-0.1, -0.05) is 23.7 Å². The van der Waals surface area contributed by atoms with Gasteiger partial charge >= 0.3 is 0 Å². The number of hydrogen-bond donors (Lipinski definition) is 1. The molecule has 1 aliphatic rings. The van der Waals surface area contributed by atoms with Gasteiger partial charge in [0.25, 0.3) is 5.91 Å². The SMILES string of the molecule is O=C(NC[C@H]1CCCO1)c1ccc(COc2ccc(Cl)cc2)cc1. The molecule has 3 rings (SSSR count). The summed E-state index contributed by atoms with van der Waals surface area (Å²) in [5.41, 5.74) is 1.64. The number of benzene rings is 2. The fraction of sp³-hybridized carbons (Fsp3) is 0.316. The van der Waals surface area contributed by atoms with Gasteiger partial charge in [-0.15, -0.1) is 0 Å². The van der Waals surface area contributed by atoms with Crippen molar-refractivity contribution in [3.63, 3.8) is 0 Å². The fourth-order valence-electron chi connectivity index (χ4n) is 2.56. The Morgan fingerprint density at radius 1 is 1.17 bits per heavy atom. The molecule has 4 nitrogen and oxygen atoms in total. The third-order valence-electron chi connectivity index (χ3n) is 3.95. The van der Waals surface area contributed by atoms with Crippen LogP contribution in [-0.4, -0.2) is 25.2 Å². The molecule has 0 unspecified atom stereocenters. The Labute approximate surface area is 146 Å². The highest BCUT2D eigenvalue weighted by Gasteiger charge is 2.16. The van der Waals surface area contributed by atoms with Crippen LogP contribution in [-0.2, 0) is 11.3 Å². The van der Waals surface area contributed by atoms with Gasteiger partial charge in [-0.25, -0.2) is 0 Å². The average Bonchev–Trinajstić information content (AvgIpc) is 3.13. The van der Waals surface area contributed by atoms with Gasteiger partial charge in [-0.05, 0) is 54.8 Å². The Bertz CT molecular complexity index is 664. The molecular weight excluding hydrogens is 326 g/mol. The molecule has 1 atom stereocenters. The van der Waals surface area contributed by atoms with Crippen molar-refractivity contribution in [2.24, 2.45) is 0 Å². The second-order valence-corrected chi connectivity index (χ2v) is 6.22. The number of carbonyl (C=O) groups is 1. The van der Waals surface area contributed by atoms with Crippen molar-refractivity contribution in [1.29, 1.82) is 0 Å². The summed E-state index contributed by atoms with van der Waals surface area (Å²) >= 11 is 5.84. The van der Waals surface area contributed by atoms with Crippen molar-refractivity contribution < 1.29 is 14.3 Å². The van der Waals surface area contributed by atoms with Gasteiger partial charge in [0.05, 0.1) is 6.10 Å². The maximum Gasteiger partial charge on any atom is 0.251 e. The van der Waals surface area contributed by atoms with Gasteiger partial charge in [-0.2, -0.15) is 0 Å². The average molecular weight is 346 g/mol. The summed E-state index contributed by atoms with van der Waals surface area (Å²) in [6.45, 7) is 1.81. The lowest BCUT2D eigenvalue weighted by atomic mass is 10.1. The van der Waals surface area contributed by atoms with Crippen LogP contribution in [0.15, 0.2) is 48.5 Å². The molecule has 1 fully saturated rings. The van der Waals surface area contributed by atoms with Gasteiger partial charge in [0, 0.05) is 23.7 Å². The number of hydrogen-bond acceptors (Lipinski definition) is 3. The molecule has 1 saturated heterocycles. The molecule has 1 N–H and O–H groups in total. The van der Waals surface area contributed by atoms with E-state index in [0.717, 1.165) is 30.8 Å². The summed E-state index contributed by atoms with van der Waals surface area (Å²) in [4.78, 5) is 12.1. The summed E-state index contributed by atoms with van der Waals surface area (Å²) in [5, 5.41) is 3.60. The molecule has 0 aliphatic carbocycles. The predicted molar refractivity (Wildman–Crippen MR) is 93.5 cm³/mol. The molecule has 0 spiro atoms. The van der Waals surface area contributed by atoms with Crippen molar-refractivity contribution >= 4 is 17.5 Å². The van der Waals surface area contributed by atoms with Gasteiger partial charge in [0.1, 0.15) is 12.4 Å². The first kappa shape index (κ1) is 16.8. The smallest absolute Gasteiger partial charge is 0.251 e. The second kappa shape index (κ2) is 8.18. The van der Waals surface area contributed by atoms with Crippen molar-refractivity contribution in [2.75, 3.05) is 13.2 Å². The molecule has 0 saturated carbocycles. The van der Waals surface area contributed by atoms with Crippen LogP contribution in [0.25, 0.3) is 0 Å². The van der Waals surface area contributed by atoms with Crippen LogP contribution in [0, 0.1) is 0 Å². The van der Waals surface area contributed by atoms with Gasteiger partial charge in [-0.3, -0.25) is 4.79 Å². The lowest BCUT2D eigenvalue weighted by Crippen LogP contribution is -2.31. The molecule has 2 aromatic rings.